The zero-order valence-corrected chi connectivity index (χ0v) is 15.2. The van der Waals surface area contributed by atoms with Crippen molar-refractivity contribution in [3.63, 3.8) is 0 Å². The van der Waals surface area contributed by atoms with Crippen LogP contribution in [0.15, 0.2) is 60.7 Å². The topological polar surface area (TPSA) is 30.3 Å². The summed E-state index contributed by atoms with van der Waals surface area (Å²) in [5.41, 5.74) is 3.01. The molecule has 0 aliphatic heterocycles. The lowest BCUT2D eigenvalue weighted by Crippen LogP contribution is -2.15. The lowest BCUT2D eigenvalue weighted by atomic mass is 10.1. The molecule has 0 N–H and O–H groups in total. The molecule has 0 radical (unpaired) electrons. The van der Waals surface area contributed by atoms with E-state index in [1.165, 1.54) is 17.7 Å². The molecule has 0 spiro atoms. The Labute approximate surface area is 153 Å². The normalized spacial score (nSPS) is 11.1. The Balaban J connectivity index is 1.81. The minimum atomic E-state index is -0.259. The number of hydrogen-bond donors (Lipinski definition) is 0. The van der Waals surface area contributed by atoms with Gasteiger partial charge in [0.2, 0.25) is 5.88 Å². The van der Waals surface area contributed by atoms with Gasteiger partial charge in [-0.3, -0.25) is 0 Å². The van der Waals surface area contributed by atoms with Crippen molar-refractivity contribution in [3.05, 3.63) is 77.7 Å². The Kier molecular flexibility index (Phi) is 6.02. The predicted octanol–water partition coefficient (Wildman–Crippen LogP) is 3.93. The fourth-order valence-corrected chi connectivity index (χ4v) is 2.76. The molecule has 0 aliphatic carbocycles. The van der Waals surface area contributed by atoms with Gasteiger partial charge in [-0.05, 0) is 50.3 Å². The molecule has 3 rings (SSSR count). The van der Waals surface area contributed by atoms with Gasteiger partial charge in [0, 0.05) is 19.0 Å². The number of rotatable bonds is 8. The highest BCUT2D eigenvalue weighted by Crippen LogP contribution is 2.21. The second-order valence-electron chi connectivity index (χ2n) is 6.53. The fourth-order valence-electron chi connectivity index (χ4n) is 2.76. The second-order valence-corrected chi connectivity index (χ2v) is 6.53. The van der Waals surface area contributed by atoms with Gasteiger partial charge in [0.25, 0.3) is 0 Å². The number of benzene rings is 2. The monoisotopic (exact) mass is 353 g/mol. The van der Waals surface area contributed by atoms with Crippen LogP contribution < -0.4 is 4.74 Å². The third-order valence-corrected chi connectivity index (χ3v) is 4.06. The molecule has 0 saturated heterocycles. The van der Waals surface area contributed by atoms with Crippen molar-refractivity contribution in [2.24, 2.45) is 0 Å². The molecular weight excluding hydrogens is 329 g/mol. The molecule has 0 atom stereocenters. The maximum atomic E-state index is 13.3. The van der Waals surface area contributed by atoms with Crippen LogP contribution in [-0.4, -0.2) is 41.9 Å². The van der Waals surface area contributed by atoms with Gasteiger partial charge in [-0.2, -0.15) is 0 Å². The second kappa shape index (κ2) is 8.63. The largest absolute Gasteiger partial charge is 0.477 e. The average Bonchev–Trinajstić information content (AvgIpc) is 3.03. The minimum Gasteiger partial charge on any atom is -0.477 e. The minimum absolute atomic E-state index is 0.259. The van der Waals surface area contributed by atoms with Crippen LogP contribution in [0.3, 0.4) is 0 Å². The molecule has 4 nitrogen and oxygen atoms in total. The van der Waals surface area contributed by atoms with E-state index >= 15 is 0 Å². The number of ether oxygens (including phenoxy) is 1. The molecule has 5 heteroatoms. The number of nitrogens with zero attached hydrogens (tertiary/aromatic N) is 3. The molecule has 1 aromatic heterocycles. The molecule has 0 fully saturated rings. The first-order valence-electron chi connectivity index (χ1n) is 8.78. The van der Waals surface area contributed by atoms with E-state index in [0.29, 0.717) is 12.5 Å². The molecular formula is C21H24FN3O. The number of halogens is 1. The summed E-state index contributed by atoms with van der Waals surface area (Å²) in [6.45, 7) is 1.58. The van der Waals surface area contributed by atoms with Gasteiger partial charge in [-0.25, -0.2) is 9.07 Å². The summed E-state index contributed by atoms with van der Waals surface area (Å²) >= 11 is 0. The first kappa shape index (κ1) is 18.1. The van der Waals surface area contributed by atoms with E-state index in [9.17, 15) is 4.39 Å². The standard InChI is InChI=1S/C21H24FN3O/c1-24(2)13-6-14-26-21-16-20(15-17-7-4-3-5-8-17)25(23-21)19-11-9-18(22)10-12-19/h3-5,7-12,16H,6,13-15H2,1-2H3. The number of aromatic nitrogens is 2. The summed E-state index contributed by atoms with van der Waals surface area (Å²) in [6.07, 6.45) is 1.66. The first-order chi connectivity index (χ1) is 12.6. The molecule has 0 amide bonds. The van der Waals surface area contributed by atoms with Crippen LogP contribution in [-0.2, 0) is 6.42 Å². The molecule has 136 valence electrons. The van der Waals surface area contributed by atoms with E-state index in [2.05, 4.69) is 22.1 Å². The van der Waals surface area contributed by atoms with Crippen molar-refractivity contribution in [1.29, 1.82) is 0 Å². The molecule has 3 aromatic rings. The highest BCUT2D eigenvalue weighted by Gasteiger charge is 2.12. The van der Waals surface area contributed by atoms with Crippen molar-refractivity contribution in [2.45, 2.75) is 12.8 Å². The van der Waals surface area contributed by atoms with Crippen LogP contribution in [0, 0.1) is 5.82 Å². The molecule has 2 aromatic carbocycles. The fraction of sp³-hybridized carbons (Fsp3) is 0.286. The SMILES string of the molecule is CN(C)CCCOc1cc(Cc2ccccc2)n(-c2ccc(F)cc2)n1. The van der Waals surface area contributed by atoms with Crippen LogP contribution in [0.5, 0.6) is 5.88 Å². The van der Waals surface area contributed by atoms with Crippen molar-refractivity contribution in [2.75, 3.05) is 27.2 Å². The van der Waals surface area contributed by atoms with Gasteiger partial charge in [0.15, 0.2) is 0 Å². The summed E-state index contributed by atoms with van der Waals surface area (Å²) in [5.74, 6) is 0.338. The summed E-state index contributed by atoms with van der Waals surface area (Å²) < 4.78 is 20.9. The molecule has 0 unspecified atom stereocenters. The summed E-state index contributed by atoms with van der Waals surface area (Å²) in [7, 11) is 4.09. The van der Waals surface area contributed by atoms with Crippen LogP contribution in [0.1, 0.15) is 17.7 Å². The summed E-state index contributed by atoms with van der Waals surface area (Å²) in [4.78, 5) is 2.13. The van der Waals surface area contributed by atoms with E-state index in [1.807, 2.05) is 43.0 Å². The van der Waals surface area contributed by atoms with E-state index in [4.69, 9.17) is 4.74 Å². The summed E-state index contributed by atoms with van der Waals surface area (Å²) in [6, 6.07) is 18.5. The Morgan fingerprint density at radius 1 is 1.04 bits per heavy atom. The van der Waals surface area contributed by atoms with Crippen molar-refractivity contribution >= 4 is 0 Å². The molecule has 0 bridgehead atoms. The van der Waals surface area contributed by atoms with E-state index in [1.54, 1.807) is 12.1 Å². The zero-order valence-electron chi connectivity index (χ0n) is 15.2. The Morgan fingerprint density at radius 3 is 2.46 bits per heavy atom. The highest BCUT2D eigenvalue weighted by atomic mass is 19.1. The van der Waals surface area contributed by atoms with Crippen LogP contribution in [0.4, 0.5) is 4.39 Å². The molecule has 26 heavy (non-hydrogen) atoms. The summed E-state index contributed by atoms with van der Waals surface area (Å²) in [5, 5.41) is 4.58. The Morgan fingerprint density at radius 2 is 1.77 bits per heavy atom. The quantitative estimate of drug-likeness (QED) is 0.575. The third kappa shape index (κ3) is 4.92. The van der Waals surface area contributed by atoms with Crippen LogP contribution in [0.25, 0.3) is 5.69 Å². The zero-order chi connectivity index (χ0) is 18.4. The molecule has 0 saturated carbocycles. The Hall–Kier alpha value is -2.66. The van der Waals surface area contributed by atoms with E-state index in [-0.39, 0.29) is 5.82 Å². The smallest absolute Gasteiger partial charge is 0.233 e. The Bertz CT molecular complexity index is 813. The van der Waals surface area contributed by atoms with Crippen molar-refractivity contribution in [1.82, 2.24) is 14.7 Å². The lowest BCUT2D eigenvalue weighted by molar-refractivity contribution is 0.272. The van der Waals surface area contributed by atoms with Gasteiger partial charge >= 0.3 is 0 Å². The van der Waals surface area contributed by atoms with Crippen molar-refractivity contribution < 1.29 is 9.13 Å². The van der Waals surface area contributed by atoms with Crippen LogP contribution >= 0.6 is 0 Å². The maximum absolute atomic E-state index is 13.3. The molecule has 0 aliphatic rings. The first-order valence-corrected chi connectivity index (χ1v) is 8.78. The van der Waals surface area contributed by atoms with Gasteiger partial charge in [-0.1, -0.05) is 30.3 Å². The third-order valence-electron chi connectivity index (χ3n) is 4.06. The average molecular weight is 353 g/mol. The number of hydrogen-bond acceptors (Lipinski definition) is 3. The lowest BCUT2D eigenvalue weighted by Gasteiger charge is -2.09. The highest BCUT2D eigenvalue weighted by molar-refractivity contribution is 5.36. The van der Waals surface area contributed by atoms with Gasteiger partial charge < -0.3 is 9.64 Å². The van der Waals surface area contributed by atoms with Gasteiger partial charge in [-0.15, -0.1) is 5.10 Å². The van der Waals surface area contributed by atoms with Gasteiger partial charge in [0.05, 0.1) is 18.0 Å². The maximum Gasteiger partial charge on any atom is 0.233 e. The predicted molar refractivity (Wildman–Crippen MR) is 101 cm³/mol. The van der Waals surface area contributed by atoms with E-state index in [0.717, 1.165) is 30.8 Å². The molecule has 1 heterocycles. The van der Waals surface area contributed by atoms with Crippen molar-refractivity contribution in [3.8, 4) is 11.6 Å². The van der Waals surface area contributed by atoms with Gasteiger partial charge in [0.1, 0.15) is 5.82 Å². The van der Waals surface area contributed by atoms with E-state index < -0.39 is 0 Å². The van der Waals surface area contributed by atoms with Crippen LogP contribution in [0.2, 0.25) is 0 Å².